The minimum atomic E-state index is -0.537. The highest BCUT2D eigenvalue weighted by Gasteiger charge is 2.21. The molecule has 3 unspecified atom stereocenters. The first kappa shape index (κ1) is 7.98. The van der Waals surface area contributed by atoms with Gasteiger partial charge in [0, 0.05) is 6.04 Å². The van der Waals surface area contributed by atoms with E-state index in [2.05, 4.69) is 5.32 Å². The van der Waals surface area contributed by atoms with Gasteiger partial charge in [-0.1, -0.05) is 0 Å². The van der Waals surface area contributed by atoms with Crippen LogP contribution in [0.15, 0.2) is 0 Å². The number of aliphatic hydroxyl groups is 2. The molecule has 1 saturated heterocycles. The van der Waals surface area contributed by atoms with Crippen LogP contribution in [0.4, 0.5) is 0 Å². The first-order valence-electron chi connectivity index (χ1n) is 3.79. The Hall–Kier alpha value is -0.120. The standard InChI is InChI=1S/C7H15NO2/c1-5-4-7(10)6(9)2-3-8-5/h5-10H,2-4H2,1H3. The quantitative estimate of drug-likeness (QED) is 0.430. The molecule has 3 atom stereocenters. The zero-order valence-electron chi connectivity index (χ0n) is 6.25. The van der Waals surface area contributed by atoms with Gasteiger partial charge in [0.15, 0.2) is 0 Å². The zero-order chi connectivity index (χ0) is 7.56. The lowest BCUT2D eigenvalue weighted by atomic mass is 10.1. The second-order valence-corrected chi connectivity index (χ2v) is 3.01. The SMILES string of the molecule is CC1CC(O)C(O)CCN1. The van der Waals surface area contributed by atoms with Crippen LogP contribution in [0.3, 0.4) is 0 Å². The van der Waals surface area contributed by atoms with Crippen LogP contribution in [-0.4, -0.2) is 35.0 Å². The number of hydrogen-bond donors (Lipinski definition) is 3. The molecule has 0 saturated carbocycles. The molecule has 3 nitrogen and oxygen atoms in total. The molecule has 1 aliphatic heterocycles. The Bertz CT molecular complexity index is 108. The van der Waals surface area contributed by atoms with Gasteiger partial charge < -0.3 is 15.5 Å². The van der Waals surface area contributed by atoms with Crippen LogP contribution in [0.25, 0.3) is 0 Å². The van der Waals surface area contributed by atoms with E-state index < -0.39 is 12.2 Å². The van der Waals surface area contributed by atoms with Gasteiger partial charge in [-0.25, -0.2) is 0 Å². The third-order valence-electron chi connectivity index (χ3n) is 1.97. The molecule has 0 aromatic heterocycles. The average Bonchev–Trinajstić information content (AvgIpc) is 1.96. The largest absolute Gasteiger partial charge is 0.390 e. The number of hydrogen-bond acceptors (Lipinski definition) is 3. The van der Waals surface area contributed by atoms with Gasteiger partial charge in [-0.3, -0.25) is 0 Å². The molecule has 1 aliphatic rings. The predicted molar refractivity (Wildman–Crippen MR) is 38.7 cm³/mol. The predicted octanol–water partition coefficient (Wildman–Crippen LogP) is -0.520. The fourth-order valence-corrected chi connectivity index (χ4v) is 1.27. The third kappa shape index (κ3) is 1.94. The second-order valence-electron chi connectivity index (χ2n) is 3.01. The van der Waals surface area contributed by atoms with Crippen molar-refractivity contribution in [1.82, 2.24) is 5.32 Å². The fourth-order valence-electron chi connectivity index (χ4n) is 1.27. The molecule has 3 heteroatoms. The topological polar surface area (TPSA) is 52.5 Å². The van der Waals surface area contributed by atoms with Gasteiger partial charge in [0.1, 0.15) is 0 Å². The number of aliphatic hydroxyl groups excluding tert-OH is 2. The van der Waals surface area contributed by atoms with Gasteiger partial charge in [0.05, 0.1) is 12.2 Å². The first-order chi connectivity index (χ1) is 4.70. The normalized spacial score (nSPS) is 42.9. The lowest BCUT2D eigenvalue weighted by Crippen LogP contribution is -2.28. The van der Waals surface area contributed by atoms with Crippen molar-refractivity contribution in [3.63, 3.8) is 0 Å². The van der Waals surface area contributed by atoms with Crippen LogP contribution in [0.1, 0.15) is 19.8 Å². The van der Waals surface area contributed by atoms with E-state index >= 15 is 0 Å². The molecule has 0 aromatic carbocycles. The van der Waals surface area contributed by atoms with Crippen molar-refractivity contribution < 1.29 is 10.2 Å². The van der Waals surface area contributed by atoms with Gasteiger partial charge in [0.2, 0.25) is 0 Å². The molecule has 1 fully saturated rings. The molecule has 60 valence electrons. The molecule has 0 aliphatic carbocycles. The van der Waals surface area contributed by atoms with E-state index in [1.807, 2.05) is 6.92 Å². The summed E-state index contributed by atoms with van der Waals surface area (Å²) in [5.41, 5.74) is 0. The summed E-state index contributed by atoms with van der Waals surface area (Å²) < 4.78 is 0. The van der Waals surface area contributed by atoms with Crippen molar-refractivity contribution in [2.45, 2.75) is 38.0 Å². The van der Waals surface area contributed by atoms with Crippen LogP contribution >= 0.6 is 0 Å². The highest BCUT2D eigenvalue weighted by Crippen LogP contribution is 2.09. The van der Waals surface area contributed by atoms with Crippen molar-refractivity contribution >= 4 is 0 Å². The number of nitrogens with one attached hydrogen (secondary N) is 1. The first-order valence-corrected chi connectivity index (χ1v) is 3.79. The molecule has 1 heterocycles. The zero-order valence-corrected chi connectivity index (χ0v) is 6.25. The van der Waals surface area contributed by atoms with E-state index in [-0.39, 0.29) is 0 Å². The van der Waals surface area contributed by atoms with Crippen molar-refractivity contribution in [2.75, 3.05) is 6.54 Å². The Morgan fingerprint density at radius 1 is 1.30 bits per heavy atom. The van der Waals surface area contributed by atoms with E-state index in [0.29, 0.717) is 18.9 Å². The van der Waals surface area contributed by atoms with E-state index in [9.17, 15) is 10.2 Å². The van der Waals surface area contributed by atoms with E-state index in [1.54, 1.807) is 0 Å². The summed E-state index contributed by atoms with van der Waals surface area (Å²) in [5, 5.41) is 21.6. The molecule has 1 rings (SSSR count). The smallest absolute Gasteiger partial charge is 0.0814 e. The Balaban J connectivity index is 2.41. The highest BCUT2D eigenvalue weighted by molar-refractivity contribution is 4.78. The van der Waals surface area contributed by atoms with Crippen molar-refractivity contribution in [2.24, 2.45) is 0 Å². The average molecular weight is 145 g/mol. The van der Waals surface area contributed by atoms with Gasteiger partial charge >= 0.3 is 0 Å². The third-order valence-corrected chi connectivity index (χ3v) is 1.97. The van der Waals surface area contributed by atoms with E-state index in [1.165, 1.54) is 0 Å². The van der Waals surface area contributed by atoms with Gasteiger partial charge in [-0.05, 0) is 26.3 Å². The minimum Gasteiger partial charge on any atom is -0.390 e. The molecular formula is C7H15NO2. The Kier molecular flexibility index (Phi) is 2.65. The van der Waals surface area contributed by atoms with Crippen molar-refractivity contribution in [1.29, 1.82) is 0 Å². The van der Waals surface area contributed by atoms with Crippen LogP contribution < -0.4 is 5.32 Å². The summed E-state index contributed by atoms with van der Waals surface area (Å²) >= 11 is 0. The second kappa shape index (κ2) is 3.32. The highest BCUT2D eigenvalue weighted by atomic mass is 16.3. The maximum absolute atomic E-state index is 9.24. The molecule has 0 spiro atoms. The molecule has 0 aromatic rings. The van der Waals surface area contributed by atoms with Crippen LogP contribution in [-0.2, 0) is 0 Å². The van der Waals surface area contributed by atoms with Crippen LogP contribution in [0.5, 0.6) is 0 Å². The summed E-state index contributed by atoms with van der Waals surface area (Å²) in [4.78, 5) is 0. The van der Waals surface area contributed by atoms with Crippen LogP contribution in [0, 0.1) is 0 Å². The van der Waals surface area contributed by atoms with Crippen molar-refractivity contribution in [3.05, 3.63) is 0 Å². The molecular weight excluding hydrogens is 130 g/mol. The molecule has 0 bridgehead atoms. The summed E-state index contributed by atoms with van der Waals surface area (Å²) in [6, 6.07) is 0.326. The summed E-state index contributed by atoms with van der Waals surface area (Å²) in [6.45, 7) is 2.82. The summed E-state index contributed by atoms with van der Waals surface area (Å²) in [5.74, 6) is 0. The maximum atomic E-state index is 9.24. The fraction of sp³-hybridized carbons (Fsp3) is 1.00. The van der Waals surface area contributed by atoms with Crippen molar-refractivity contribution in [3.8, 4) is 0 Å². The van der Waals surface area contributed by atoms with Gasteiger partial charge in [-0.15, -0.1) is 0 Å². The van der Waals surface area contributed by atoms with E-state index in [4.69, 9.17) is 0 Å². The monoisotopic (exact) mass is 145 g/mol. The Morgan fingerprint density at radius 3 is 2.70 bits per heavy atom. The van der Waals surface area contributed by atoms with Gasteiger partial charge in [-0.2, -0.15) is 0 Å². The lowest BCUT2D eigenvalue weighted by Gasteiger charge is -2.14. The Morgan fingerprint density at radius 2 is 2.00 bits per heavy atom. The molecule has 10 heavy (non-hydrogen) atoms. The molecule has 3 N–H and O–H groups in total. The summed E-state index contributed by atoms with van der Waals surface area (Å²) in [6.07, 6.45) is 0.245. The van der Waals surface area contributed by atoms with Gasteiger partial charge in [0.25, 0.3) is 0 Å². The minimum absolute atomic E-state index is 0.326. The lowest BCUT2D eigenvalue weighted by molar-refractivity contribution is 0.0157. The molecule has 0 radical (unpaired) electrons. The maximum Gasteiger partial charge on any atom is 0.0814 e. The van der Waals surface area contributed by atoms with E-state index in [0.717, 1.165) is 6.54 Å². The molecule has 0 amide bonds. The summed E-state index contributed by atoms with van der Waals surface area (Å²) in [7, 11) is 0. The van der Waals surface area contributed by atoms with Crippen LogP contribution in [0.2, 0.25) is 0 Å². The number of rotatable bonds is 0. The Labute approximate surface area is 61.1 Å².